The molecule has 0 heteroatoms. The summed E-state index contributed by atoms with van der Waals surface area (Å²) in [5.41, 5.74) is 3.53. The van der Waals surface area contributed by atoms with E-state index >= 15 is 0 Å². The fourth-order valence-electron chi connectivity index (χ4n) is 1.80. The molecule has 52 valence electrons. The lowest BCUT2D eigenvalue weighted by atomic mass is 9.67. The molecule has 0 radical (unpaired) electrons. The molecule has 0 saturated carbocycles. The summed E-state index contributed by atoms with van der Waals surface area (Å²) in [7, 11) is 0. The third-order valence-corrected chi connectivity index (χ3v) is 2.38. The van der Waals surface area contributed by atoms with Crippen molar-refractivity contribution >= 4 is 0 Å². The molecule has 1 aliphatic rings. The first kappa shape index (κ1) is 5.96. The number of rotatable bonds is 0. The van der Waals surface area contributed by atoms with Gasteiger partial charge in [-0.25, -0.2) is 0 Å². The summed E-state index contributed by atoms with van der Waals surface area (Å²) in [5, 5.41) is 0. The van der Waals surface area contributed by atoms with Gasteiger partial charge in [0.05, 0.1) is 0 Å². The Morgan fingerprint density at radius 3 is 2.40 bits per heavy atom. The average molecular weight is 132 g/mol. The monoisotopic (exact) mass is 132 g/mol. The molecule has 0 atom stereocenters. The van der Waals surface area contributed by atoms with Gasteiger partial charge in [-0.3, -0.25) is 0 Å². The van der Waals surface area contributed by atoms with Gasteiger partial charge in [-0.1, -0.05) is 38.1 Å². The summed E-state index contributed by atoms with van der Waals surface area (Å²) >= 11 is 0. The van der Waals surface area contributed by atoms with Crippen LogP contribution in [0.5, 0.6) is 0 Å². The molecule has 0 nitrogen and oxygen atoms in total. The summed E-state index contributed by atoms with van der Waals surface area (Å²) < 4.78 is 0. The van der Waals surface area contributed by atoms with Crippen LogP contribution in [-0.2, 0) is 11.8 Å². The predicted octanol–water partition coefficient (Wildman–Crippen LogP) is 2.52. The Kier molecular flexibility index (Phi) is 0.971. The molecule has 0 heterocycles. The third-order valence-electron chi connectivity index (χ3n) is 2.38. The van der Waals surface area contributed by atoms with Gasteiger partial charge in [-0.15, -0.1) is 0 Å². The minimum Gasteiger partial charge on any atom is -0.0620 e. The minimum absolute atomic E-state index is 0.455. The zero-order chi connectivity index (χ0) is 7.19. The van der Waals surface area contributed by atoms with Gasteiger partial charge in [0.1, 0.15) is 0 Å². The molecule has 0 aliphatic heterocycles. The first-order chi connectivity index (χ1) is 4.70. The van der Waals surface area contributed by atoms with Gasteiger partial charge in [-0.05, 0) is 23.0 Å². The van der Waals surface area contributed by atoms with Crippen molar-refractivity contribution in [2.45, 2.75) is 25.7 Å². The molecule has 1 aromatic carbocycles. The molecular weight excluding hydrogens is 120 g/mol. The van der Waals surface area contributed by atoms with E-state index in [0.29, 0.717) is 5.41 Å². The fraction of sp³-hybridized carbons (Fsp3) is 0.400. The fourth-order valence-corrected chi connectivity index (χ4v) is 1.80. The van der Waals surface area contributed by atoms with Crippen LogP contribution in [0.4, 0.5) is 0 Å². The quantitative estimate of drug-likeness (QED) is 0.509. The van der Waals surface area contributed by atoms with Gasteiger partial charge >= 0.3 is 0 Å². The maximum absolute atomic E-state index is 2.30. The van der Waals surface area contributed by atoms with Crippen LogP contribution in [0.2, 0.25) is 0 Å². The highest BCUT2D eigenvalue weighted by atomic mass is 14.4. The zero-order valence-electron chi connectivity index (χ0n) is 6.52. The molecule has 0 N–H and O–H groups in total. The first-order valence-electron chi connectivity index (χ1n) is 3.78. The number of hydrogen-bond acceptors (Lipinski definition) is 0. The van der Waals surface area contributed by atoms with Crippen LogP contribution < -0.4 is 0 Å². The van der Waals surface area contributed by atoms with Crippen molar-refractivity contribution in [1.82, 2.24) is 0 Å². The highest BCUT2D eigenvalue weighted by Gasteiger charge is 2.32. The lowest BCUT2D eigenvalue weighted by Gasteiger charge is -2.37. The van der Waals surface area contributed by atoms with Crippen LogP contribution in [-0.4, -0.2) is 0 Å². The standard InChI is InChI=1S/C10H12/c1-10(2)7-8-5-3-4-6-9(8)10/h3-6H,7H2,1-2H3. The van der Waals surface area contributed by atoms with E-state index in [4.69, 9.17) is 0 Å². The van der Waals surface area contributed by atoms with Gasteiger partial charge in [-0.2, -0.15) is 0 Å². The SMILES string of the molecule is CC1(C)Cc2ccccc21. The number of hydrogen-bond donors (Lipinski definition) is 0. The van der Waals surface area contributed by atoms with Gasteiger partial charge in [0, 0.05) is 0 Å². The van der Waals surface area contributed by atoms with E-state index in [0.717, 1.165) is 0 Å². The van der Waals surface area contributed by atoms with E-state index in [2.05, 4.69) is 38.1 Å². The molecule has 0 fully saturated rings. The predicted molar refractivity (Wildman–Crippen MR) is 43.2 cm³/mol. The van der Waals surface area contributed by atoms with Crippen molar-refractivity contribution in [2.75, 3.05) is 0 Å². The molecule has 0 unspecified atom stereocenters. The minimum atomic E-state index is 0.455. The number of fused-ring (bicyclic) bond motifs is 1. The molecule has 0 aromatic heterocycles. The van der Waals surface area contributed by atoms with Crippen molar-refractivity contribution in [1.29, 1.82) is 0 Å². The molecular formula is C10H12. The van der Waals surface area contributed by atoms with Crippen LogP contribution in [0.25, 0.3) is 0 Å². The molecule has 1 aliphatic carbocycles. The van der Waals surface area contributed by atoms with E-state index in [1.165, 1.54) is 17.5 Å². The topological polar surface area (TPSA) is 0 Å². The van der Waals surface area contributed by atoms with Crippen LogP contribution in [0.15, 0.2) is 24.3 Å². The van der Waals surface area contributed by atoms with Crippen LogP contribution in [0.1, 0.15) is 25.0 Å². The van der Waals surface area contributed by atoms with Crippen molar-refractivity contribution in [3.05, 3.63) is 35.4 Å². The average Bonchev–Trinajstić information content (AvgIpc) is 1.86. The van der Waals surface area contributed by atoms with Gasteiger partial charge in [0.25, 0.3) is 0 Å². The van der Waals surface area contributed by atoms with Crippen LogP contribution >= 0.6 is 0 Å². The lowest BCUT2D eigenvalue weighted by molar-refractivity contribution is 0.455. The van der Waals surface area contributed by atoms with E-state index in [-0.39, 0.29) is 0 Å². The summed E-state index contributed by atoms with van der Waals surface area (Å²) in [6.07, 6.45) is 1.25. The van der Waals surface area contributed by atoms with Crippen LogP contribution in [0.3, 0.4) is 0 Å². The van der Waals surface area contributed by atoms with E-state index in [9.17, 15) is 0 Å². The maximum atomic E-state index is 2.30. The molecule has 0 amide bonds. The maximum Gasteiger partial charge on any atom is -0.00604 e. The van der Waals surface area contributed by atoms with E-state index in [1.54, 1.807) is 0 Å². The second-order valence-electron chi connectivity index (χ2n) is 3.72. The highest BCUT2D eigenvalue weighted by molar-refractivity contribution is 5.43. The molecule has 0 bridgehead atoms. The van der Waals surface area contributed by atoms with Gasteiger partial charge in [0.15, 0.2) is 0 Å². The second kappa shape index (κ2) is 1.63. The van der Waals surface area contributed by atoms with Gasteiger partial charge in [0.2, 0.25) is 0 Å². The van der Waals surface area contributed by atoms with Crippen molar-refractivity contribution in [2.24, 2.45) is 0 Å². The zero-order valence-corrected chi connectivity index (χ0v) is 6.52. The molecule has 0 saturated heterocycles. The van der Waals surface area contributed by atoms with Crippen LogP contribution in [0, 0.1) is 0 Å². The van der Waals surface area contributed by atoms with Gasteiger partial charge < -0.3 is 0 Å². The van der Waals surface area contributed by atoms with E-state index in [1.807, 2.05) is 0 Å². The first-order valence-corrected chi connectivity index (χ1v) is 3.78. The van der Waals surface area contributed by atoms with Crippen molar-refractivity contribution < 1.29 is 0 Å². The summed E-state index contributed by atoms with van der Waals surface area (Å²) in [6.45, 7) is 4.60. The molecule has 10 heavy (non-hydrogen) atoms. The normalized spacial score (nSPS) is 19.4. The third kappa shape index (κ3) is 0.620. The Hall–Kier alpha value is -0.780. The molecule has 1 aromatic rings. The largest absolute Gasteiger partial charge is 0.0620 e. The number of benzene rings is 1. The van der Waals surface area contributed by atoms with Crippen molar-refractivity contribution in [3.8, 4) is 0 Å². The summed E-state index contributed by atoms with van der Waals surface area (Å²) in [5.74, 6) is 0. The van der Waals surface area contributed by atoms with E-state index < -0.39 is 0 Å². The smallest absolute Gasteiger partial charge is 0.00604 e. The Morgan fingerprint density at radius 2 is 1.90 bits per heavy atom. The highest BCUT2D eigenvalue weighted by Crippen LogP contribution is 2.39. The lowest BCUT2D eigenvalue weighted by Crippen LogP contribution is -2.31. The Balaban J connectivity index is 2.53. The van der Waals surface area contributed by atoms with Crippen molar-refractivity contribution in [3.63, 3.8) is 0 Å². The Morgan fingerprint density at radius 1 is 1.20 bits per heavy atom. The summed E-state index contributed by atoms with van der Waals surface area (Å²) in [4.78, 5) is 0. The molecule has 0 spiro atoms. The second-order valence-corrected chi connectivity index (χ2v) is 3.72. The Bertz CT molecular complexity index is 258. The molecule has 2 rings (SSSR count). The Labute approximate surface area is 61.9 Å². The summed E-state index contributed by atoms with van der Waals surface area (Å²) in [6, 6.07) is 8.70.